The van der Waals surface area contributed by atoms with Crippen molar-refractivity contribution >= 4 is 21.6 Å². The average molecular weight is 446 g/mol. The van der Waals surface area contributed by atoms with Crippen LogP contribution in [-0.2, 0) is 21.2 Å². The van der Waals surface area contributed by atoms with E-state index in [0.717, 1.165) is 37.2 Å². The fourth-order valence-electron chi connectivity index (χ4n) is 3.95. The Bertz CT molecular complexity index is 1000. The SMILES string of the molecule is COc1cccc(C(CN2CCCC2)N(C)C(=O)Cc2ccccc2NS(C)(=O)=O)c1. The topological polar surface area (TPSA) is 79.0 Å². The zero-order valence-electron chi connectivity index (χ0n) is 18.4. The third-order valence-electron chi connectivity index (χ3n) is 5.62. The van der Waals surface area contributed by atoms with Crippen molar-refractivity contribution in [3.8, 4) is 5.75 Å². The minimum atomic E-state index is -3.43. The molecule has 1 saturated heterocycles. The summed E-state index contributed by atoms with van der Waals surface area (Å²) in [6, 6.07) is 14.7. The monoisotopic (exact) mass is 445 g/mol. The molecular weight excluding hydrogens is 414 g/mol. The van der Waals surface area contributed by atoms with Crippen LogP contribution in [-0.4, -0.2) is 64.2 Å². The first-order chi connectivity index (χ1) is 14.8. The molecule has 0 radical (unpaired) electrons. The zero-order valence-corrected chi connectivity index (χ0v) is 19.2. The van der Waals surface area contributed by atoms with Gasteiger partial charge in [-0.25, -0.2) is 8.42 Å². The molecule has 1 atom stereocenters. The van der Waals surface area contributed by atoms with Gasteiger partial charge in [-0.05, 0) is 55.3 Å². The Hall–Kier alpha value is -2.58. The number of methoxy groups -OCH3 is 1. The number of carbonyl (C=O) groups is 1. The molecule has 1 unspecified atom stereocenters. The van der Waals surface area contributed by atoms with E-state index in [9.17, 15) is 13.2 Å². The molecule has 168 valence electrons. The molecule has 0 saturated carbocycles. The third-order valence-corrected chi connectivity index (χ3v) is 6.21. The van der Waals surface area contributed by atoms with Crippen molar-refractivity contribution in [2.24, 2.45) is 0 Å². The second-order valence-electron chi connectivity index (χ2n) is 8.01. The maximum atomic E-state index is 13.3. The lowest BCUT2D eigenvalue weighted by Crippen LogP contribution is -2.39. The van der Waals surface area contributed by atoms with Gasteiger partial charge in [-0.1, -0.05) is 30.3 Å². The molecule has 0 bridgehead atoms. The number of nitrogens with zero attached hydrogens (tertiary/aromatic N) is 2. The van der Waals surface area contributed by atoms with Crippen LogP contribution in [0.25, 0.3) is 0 Å². The molecule has 1 aliphatic heterocycles. The van der Waals surface area contributed by atoms with E-state index in [4.69, 9.17) is 4.74 Å². The lowest BCUT2D eigenvalue weighted by atomic mass is 10.0. The smallest absolute Gasteiger partial charge is 0.229 e. The van der Waals surface area contributed by atoms with Crippen LogP contribution in [0.1, 0.15) is 30.0 Å². The Morgan fingerprint density at radius 2 is 1.87 bits per heavy atom. The maximum absolute atomic E-state index is 13.3. The summed E-state index contributed by atoms with van der Waals surface area (Å²) in [5.74, 6) is 0.683. The highest BCUT2D eigenvalue weighted by atomic mass is 32.2. The summed E-state index contributed by atoms with van der Waals surface area (Å²) in [7, 11) is 0.0148. The number of para-hydroxylation sites is 1. The molecule has 2 aromatic rings. The van der Waals surface area contributed by atoms with Gasteiger partial charge in [0, 0.05) is 13.6 Å². The summed E-state index contributed by atoms with van der Waals surface area (Å²) in [6.07, 6.45) is 3.56. The molecule has 31 heavy (non-hydrogen) atoms. The number of sulfonamides is 1. The number of nitrogens with one attached hydrogen (secondary N) is 1. The van der Waals surface area contributed by atoms with Gasteiger partial charge in [-0.2, -0.15) is 0 Å². The molecule has 7 nitrogen and oxygen atoms in total. The molecule has 1 heterocycles. The van der Waals surface area contributed by atoms with Crippen LogP contribution in [0.3, 0.4) is 0 Å². The summed E-state index contributed by atoms with van der Waals surface area (Å²) in [5, 5.41) is 0. The number of rotatable bonds is 9. The van der Waals surface area contributed by atoms with Crippen molar-refractivity contribution in [3.05, 3.63) is 59.7 Å². The van der Waals surface area contributed by atoms with Gasteiger partial charge in [0.15, 0.2) is 0 Å². The van der Waals surface area contributed by atoms with Crippen molar-refractivity contribution in [1.29, 1.82) is 0 Å². The van der Waals surface area contributed by atoms with E-state index >= 15 is 0 Å². The van der Waals surface area contributed by atoms with Crippen LogP contribution >= 0.6 is 0 Å². The summed E-state index contributed by atoms with van der Waals surface area (Å²) >= 11 is 0. The van der Waals surface area contributed by atoms with Crippen molar-refractivity contribution in [2.45, 2.75) is 25.3 Å². The highest BCUT2D eigenvalue weighted by molar-refractivity contribution is 7.92. The number of ether oxygens (including phenoxy) is 1. The van der Waals surface area contributed by atoms with E-state index < -0.39 is 10.0 Å². The van der Waals surface area contributed by atoms with E-state index in [2.05, 4.69) is 9.62 Å². The minimum absolute atomic E-state index is 0.0743. The van der Waals surface area contributed by atoms with E-state index in [1.54, 1.807) is 36.3 Å². The quantitative estimate of drug-likeness (QED) is 0.642. The lowest BCUT2D eigenvalue weighted by molar-refractivity contribution is -0.131. The molecule has 2 aromatic carbocycles. The molecule has 1 N–H and O–H groups in total. The first-order valence-electron chi connectivity index (χ1n) is 10.4. The standard InChI is InChI=1S/C23H31N3O4S/c1-25(23(27)16-18-9-4-5-12-21(18)24-31(3,28)29)22(17-26-13-6-7-14-26)19-10-8-11-20(15-19)30-2/h4-5,8-12,15,22,24H,6-7,13-14,16-17H2,1-3H3. The second-order valence-corrected chi connectivity index (χ2v) is 9.76. The molecule has 1 fully saturated rings. The Labute approximate surface area is 185 Å². The second kappa shape index (κ2) is 10.2. The van der Waals surface area contributed by atoms with Gasteiger partial charge in [0.05, 0.1) is 31.5 Å². The number of amides is 1. The Morgan fingerprint density at radius 3 is 2.55 bits per heavy atom. The molecule has 0 aromatic heterocycles. The highest BCUT2D eigenvalue weighted by Crippen LogP contribution is 2.27. The number of hydrogen-bond donors (Lipinski definition) is 1. The predicted molar refractivity (Wildman–Crippen MR) is 123 cm³/mol. The zero-order chi connectivity index (χ0) is 22.4. The number of likely N-dealkylation sites (N-methyl/N-ethyl adjacent to an activating group) is 1. The van der Waals surface area contributed by atoms with Gasteiger partial charge in [-0.15, -0.1) is 0 Å². The highest BCUT2D eigenvalue weighted by Gasteiger charge is 2.26. The normalized spacial score (nSPS) is 15.5. The fraction of sp³-hybridized carbons (Fsp3) is 0.435. The van der Waals surface area contributed by atoms with Crippen molar-refractivity contribution < 1.29 is 17.9 Å². The molecule has 8 heteroatoms. The molecule has 0 spiro atoms. The number of anilines is 1. The fourth-order valence-corrected chi connectivity index (χ4v) is 4.54. The van der Waals surface area contributed by atoms with Gasteiger partial charge < -0.3 is 14.5 Å². The van der Waals surface area contributed by atoms with Crippen LogP contribution in [0.15, 0.2) is 48.5 Å². The first kappa shape index (κ1) is 23.1. The van der Waals surface area contributed by atoms with Crippen LogP contribution < -0.4 is 9.46 Å². The summed E-state index contributed by atoms with van der Waals surface area (Å²) in [5.41, 5.74) is 2.10. The molecular formula is C23H31N3O4S. The predicted octanol–water partition coefficient (Wildman–Crippen LogP) is 2.90. The number of hydrogen-bond acceptors (Lipinski definition) is 5. The van der Waals surface area contributed by atoms with Gasteiger partial charge in [0.1, 0.15) is 5.75 Å². The number of likely N-dealkylation sites (tertiary alicyclic amines) is 1. The van der Waals surface area contributed by atoms with Gasteiger partial charge in [0.2, 0.25) is 15.9 Å². The Kier molecular flexibility index (Phi) is 7.56. The van der Waals surface area contributed by atoms with Gasteiger partial charge >= 0.3 is 0 Å². The molecule has 1 amide bonds. The van der Waals surface area contributed by atoms with E-state index in [-0.39, 0.29) is 18.4 Å². The summed E-state index contributed by atoms with van der Waals surface area (Å²) in [4.78, 5) is 17.4. The number of carbonyl (C=O) groups excluding carboxylic acids is 1. The molecule has 0 aliphatic carbocycles. The Morgan fingerprint density at radius 1 is 1.16 bits per heavy atom. The number of benzene rings is 2. The van der Waals surface area contributed by atoms with Crippen LogP contribution in [0.5, 0.6) is 5.75 Å². The van der Waals surface area contributed by atoms with Gasteiger partial charge in [-0.3, -0.25) is 9.52 Å². The van der Waals surface area contributed by atoms with Crippen LogP contribution in [0, 0.1) is 0 Å². The van der Waals surface area contributed by atoms with Crippen LogP contribution in [0.2, 0.25) is 0 Å². The lowest BCUT2D eigenvalue weighted by Gasteiger charge is -2.32. The maximum Gasteiger partial charge on any atom is 0.229 e. The average Bonchev–Trinajstić information content (AvgIpc) is 3.25. The minimum Gasteiger partial charge on any atom is -0.497 e. The first-order valence-corrected chi connectivity index (χ1v) is 12.3. The molecule has 3 rings (SSSR count). The summed E-state index contributed by atoms with van der Waals surface area (Å²) in [6.45, 7) is 2.81. The van der Waals surface area contributed by atoms with E-state index in [1.807, 2.05) is 31.3 Å². The summed E-state index contributed by atoms with van der Waals surface area (Å²) < 4.78 is 31.3. The van der Waals surface area contributed by atoms with Gasteiger partial charge in [0.25, 0.3) is 0 Å². The van der Waals surface area contributed by atoms with Crippen molar-refractivity contribution in [3.63, 3.8) is 0 Å². The Balaban J connectivity index is 1.83. The van der Waals surface area contributed by atoms with E-state index in [1.165, 1.54) is 12.8 Å². The van der Waals surface area contributed by atoms with Crippen molar-refractivity contribution in [2.75, 3.05) is 44.8 Å². The van der Waals surface area contributed by atoms with Crippen LogP contribution in [0.4, 0.5) is 5.69 Å². The largest absolute Gasteiger partial charge is 0.497 e. The van der Waals surface area contributed by atoms with E-state index in [0.29, 0.717) is 11.3 Å². The molecule has 1 aliphatic rings. The van der Waals surface area contributed by atoms with Crippen molar-refractivity contribution in [1.82, 2.24) is 9.80 Å². The third kappa shape index (κ3) is 6.45.